The van der Waals surface area contributed by atoms with Crippen molar-refractivity contribution in [3.63, 3.8) is 0 Å². The molecule has 0 aliphatic carbocycles. The van der Waals surface area contributed by atoms with Gasteiger partial charge in [0.25, 0.3) is 0 Å². The van der Waals surface area contributed by atoms with Crippen LogP contribution in [0.3, 0.4) is 0 Å². The number of likely N-dealkylation sites (N-methyl/N-ethyl adjacent to an activating group) is 1. The standard InChI is InChI=1S/C25H29AsFN2O5S/c1-3-28(4-2)13-5-7-17-15-18(27)9-12-22(17)35(32,33)26-20-10-11-21-24(23(20)25(30)31)34-16-19-8-6-14-29(19)21/h5,7,9-12,15,19H,3-4,6,8,13-14,16H2,1-2H3,(H,30,31)/t19-/m1/s1. The van der Waals surface area contributed by atoms with Crippen molar-refractivity contribution in [2.24, 2.45) is 0 Å². The van der Waals surface area contributed by atoms with Crippen LogP contribution < -0.4 is 14.0 Å². The van der Waals surface area contributed by atoms with E-state index < -0.39 is 34.5 Å². The summed E-state index contributed by atoms with van der Waals surface area (Å²) in [5.41, 5.74) is 0.885. The number of anilines is 1. The number of rotatable bonds is 9. The number of aromatic carboxylic acids is 1. The van der Waals surface area contributed by atoms with Gasteiger partial charge in [-0.1, -0.05) is 0 Å². The van der Waals surface area contributed by atoms with Crippen LogP contribution in [0.4, 0.5) is 10.1 Å². The number of nitrogens with zero attached hydrogens (tertiary/aromatic N) is 2. The van der Waals surface area contributed by atoms with Gasteiger partial charge in [0.1, 0.15) is 0 Å². The van der Waals surface area contributed by atoms with Gasteiger partial charge in [0, 0.05) is 0 Å². The second-order valence-electron chi connectivity index (χ2n) is 8.55. The van der Waals surface area contributed by atoms with Crippen molar-refractivity contribution in [1.82, 2.24) is 4.90 Å². The number of ether oxygens (including phenoxy) is 1. The Balaban J connectivity index is 1.68. The van der Waals surface area contributed by atoms with E-state index in [9.17, 15) is 22.7 Å². The van der Waals surface area contributed by atoms with Gasteiger partial charge in [-0.2, -0.15) is 0 Å². The minimum absolute atomic E-state index is 0.00396. The van der Waals surface area contributed by atoms with Crippen molar-refractivity contribution >= 4 is 44.8 Å². The molecule has 10 heteroatoms. The molecule has 0 spiro atoms. The van der Waals surface area contributed by atoms with E-state index in [2.05, 4.69) is 9.80 Å². The number of hydrogen-bond donors (Lipinski definition) is 1. The molecular formula is C25H29AsFN2O5S. The number of benzene rings is 2. The fraction of sp³-hybridized carbons (Fsp3) is 0.400. The van der Waals surface area contributed by atoms with E-state index in [1.54, 1.807) is 18.2 Å². The predicted octanol–water partition coefficient (Wildman–Crippen LogP) is 2.96. The first-order valence-electron chi connectivity index (χ1n) is 11.7. The second kappa shape index (κ2) is 10.7. The quantitative estimate of drug-likeness (QED) is 0.470. The summed E-state index contributed by atoms with van der Waals surface area (Å²) in [7, 11) is -3.89. The van der Waals surface area contributed by atoms with Crippen molar-refractivity contribution in [3.05, 3.63) is 53.4 Å². The van der Waals surface area contributed by atoms with Crippen LogP contribution in [0.2, 0.25) is 0 Å². The molecule has 0 saturated carbocycles. The first-order chi connectivity index (χ1) is 16.7. The van der Waals surface area contributed by atoms with E-state index in [1.807, 2.05) is 19.9 Å². The summed E-state index contributed by atoms with van der Waals surface area (Å²) in [6, 6.07) is 7.18. The molecule has 2 aliphatic rings. The fourth-order valence-electron chi connectivity index (χ4n) is 4.60. The monoisotopic (exact) mass is 563 g/mol. The van der Waals surface area contributed by atoms with Gasteiger partial charge in [0.05, 0.1) is 0 Å². The van der Waals surface area contributed by atoms with E-state index in [0.717, 1.165) is 38.5 Å². The predicted molar refractivity (Wildman–Crippen MR) is 135 cm³/mol. The van der Waals surface area contributed by atoms with Crippen LogP contribution >= 0.6 is 0 Å². The van der Waals surface area contributed by atoms with Gasteiger partial charge < -0.3 is 0 Å². The van der Waals surface area contributed by atoms with Crippen LogP contribution in [-0.4, -0.2) is 77.8 Å². The number of carbonyl (C=O) groups is 1. The normalized spacial score (nSPS) is 17.8. The summed E-state index contributed by atoms with van der Waals surface area (Å²) >= 11 is -1.63. The summed E-state index contributed by atoms with van der Waals surface area (Å²) in [6.45, 7) is 7.58. The third kappa shape index (κ3) is 5.42. The van der Waals surface area contributed by atoms with Gasteiger partial charge in [-0.25, -0.2) is 0 Å². The summed E-state index contributed by atoms with van der Waals surface area (Å²) in [5.74, 6) is -1.49. The van der Waals surface area contributed by atoms with Gasteiger partial charge in [0.2, 0.25) is 0 Å². The SMILES string of the molecule is CCN(CC)CC=Cc1cc(F)ccc1S(=O)(=O)[As]c1ccc2c(c1C(=O)O)OC[C@H]1CCCN21. The van der Waals surface area contributed by atoms with Crippen molar-refractivity contribution < 1.29 is 27.4 Å². The van der Waals surface area contributed by atoms with Gasteiger partial charge in [-0.15, -0.1) is 0 Å². The van der Waals surface area contributed by atoms with Crippen LogP contribution in [-0.2, 0) is 8.10 Å². The van der Waals surface area contributed by atoms with Gasteiger partial charge >= 0.3 is 212 Å². The Kier molecular flexibility index (Phi) is 7.89. The molecule has 187 valence electrons. The van der Waals surface area contributed by atoms with Gasteiger partial charge in [-0.05, 0) is 0 Å². The molecule has 7 nitrogen and oxygen atoms in total. The van der Waals surface area contributed by atoms with Crippen LogP contribution in [0, 0.1) is 5.82 Å². The zero-order valence-electron chi connectivity index (χ0n) is 19.8. The van der Waals surface area contributed by atoms with E-state index in [-0.39, 0.29) is 32.2 Å². The molecular weight excluding hydrogens is 534 g/mol. The minimum atomic E-state index is -3.89. The van der Waals surface area contributed by atoms with Crippen LogP contribution in [0.25, 0.3) is 6.08 Å². The van der Waals surface area contributed by atoms with Crippen molar-refractivity contribution in [2.75, 3.05) is 37.7 Å². The molecule has 1 atom stereocenters. The van der Waals surface area contributed by atoms with Crippen LogP contribution in [0.1, 0.15) is 42.6 Å². The Bertz CT molecular complexity index is 1250. The van der Waals surface area contributed by atoms with Crippen molar-refractivity contribution in [3.8, 4) is 5.75 Å². The molecule has 1 radical (unpaired) electrons. The molecule has 35 heavy (non-hydrogen) atoms. The van der Waals surface area contributed by atoms with E-state index in [0.29, 0.717) is 18.8 Å². The third-order valence-electron chi connectivity index (χ3n) is 6.46. The van der Waals surface area contributed by atoms with Gasteiger partial charge in [0.15, 0.2) is 0 Å². The molecule has 1 saturated heterocycles. The Morgan fingerprint density at radius 1 is 1.29 bits per heavy atom. The average Bonchev–Trinajstić information content (AvgIpc) is 3.30. The number of hydrogen-bond acceptors (Lipinski definition) is 6. The molecule has 2 aromatic carbocycles. The topological polar surface area (TPSA) is 87.2 Å². The average molecular weight is 564 g/mol. The second-order valence-corrected chi connectivity index (χ2v) is 15.3. The Morgan fingerprint density at radius 2 is 2.06 bits per heavy atom. The first-order valence-corrected chi connectivity index (χ1v) is 16.4. The summed E-state index contributed by atoms with van der Waals surface area (Å²) < 4.78 is 47.1. The van der Waals surface area contributed by atoms with E-state index in [4.69, 9.17) is 4.74 Å². The van der Waals surface area contributed by atoms with Crippen molar-refractivity contribution in [2.45, 2.75) is 37.6 Å². The molecule has 2 heterocycles. The van der Waals surface area contributed by atoms with E-state index >= 15 is 0 Å². The fourth-order valence-corrected chi connectivity index (χ4v) is 10.6. The zero-order valence-corrected chi connectivity index (χ0v) is 22.5. The maximum atomic E-state index is 14.0. The van der Waals surface area contributed by atoms with Gasteiger partial charge in [-0.3, -0.25) is 0 Å². The van der Waals surface area contributed by atoms with E-state index in [1.165, 1.54) is 12.1 Å². The number of halogens is 1. The number of fused-ring (bicyclic) bond motifs is 3. The van der Waals surface area contributed by atoms with Crippen LogP contribution in [0.5, 0.6) is 5.75 Å². The molecule has 0 bridgehead atoms. The molecule has 1 fully saturated rings. The van der Waals surface area contributed by atoms with Crippen LogP contribution in [0.15, 0.2) is 41.3 Å². The Hall–Kier alpha value is -2.35. The molecule has 0 amide bonds. The summed E-state index contributed by atoms with van der Waals surface area (Å²) in [4.78, 5) is 16.5. The zero-order chi connectivity index (χ0) is 25.2. The summed E-state index contributed by atoms with van der Waals surface area (Å²) in [6.07, 6.45) is 5.43. The molecule has 0 aromatic heterocycles. The first kappa shape index (κ1) is 25.7. The number of carboxylic acid groups (broad SMARTS) is 1. The summed E-state index contributed by atoms with van der Waals surface area (Å²) in [5, 5.41) is 9.99. The molecule has 2 aliphatic heterocycles. The van der Waals surface area contributed by atoms with Crippen molar-refractivity contribution in [1.29, 1.82) is 0 Å². The maximum absolute atomic E-state index is 14.0. The molecule has 1 N–H and O–H groups in total. The molecule has 0 unspecified atom stereocenters. The molecule has 4 rings (SSSR count). The molecule has 2 aromatic rings. The third-order valence-corrected chi connectivity index (χ3v) is 12.6. The number of carboxylic acids is 1. The Labute approximate surface area is 211 Å². The Morgan fingerprint density at radius 3 is 2.77 bits per heavy atom.